The second-order valence-corrected chi connectivity index (χ2v) is 15.4. The molecule has 0 fully saturated rings. The number of hydrogen-bond acceptors (Lipinski definition) is 6. The summed E-state index contributed by atoms with van der Waals surface area (Å²) in [6, 6.07) is 24.8. The lowest BCUT2D eigenvalue weighted by Gasteiger charge is -2.24. The van der Waals surface area contributed by atoms with Crippen molar-refractivity contribution < 1.29 is 16.8 Å². The summed E-state index contributed by atoms with van der Waals surface area (Å²) in [6.45, 7) is 3.46. The molecule has 0 bridgehead atoms. The Morgan fingerprint density at radius 2 is 1.45 bits per heavy atom. The number of aromatic nitrogens is 1. The fourth-order valence-electron chi connectivity index (χ4n) is 4.44. The summed E-state index contributed by atoms with van der Waals surface area (Å²) in [5.74, 6) is 0. The van der Waals surface area contributed by atoms with Crippen LogP contribution in [0.5, 0.6) is 0 Å². The van der Waals surface area contributed by atoms with Crippen LogP contribution in [0.1, 0.15) is 19.4 Å². The van der Waals surface area contributed by atoms with Crippen LogP contribution in [0.2, 0.25) is 0 Å². The van der Waals surface area contributed by atoms with Crippen LogP contribution in [0.4, 0.5) is 0 Å². The van der Waals surface area contributed by atoms with E-state index in [-0.39, 0.29) is 4.90 Å². The van der Waals surface area contributed by atoms with Crippen molar-refractivity contribution in [3.63, 3.8) is 0 Å². The topological polar surface area (TPSA) is 81.2 Å². The van der Waals surface area contributed by atoms with E-state index in [0.717, 1.165) is 43.6 Å². The maximum Gasteiger partial charge on any atom is 0.175 e. The predicted molar refractivity (Wildman–Crippen MR) is 157 cm³/mol. The number of sulfone groups is 2. The van der Waals surface area contributed by atoms with Crippen molar-refractivity contribution in [2.45, 2.75) is 23.5 Å². The van der Waals surface area contributed by atoms with Gasteiger partial charge in [0.05, 0.1) is 15.2 Å². The SMILES string of the molecule is CC(C)(c1cc(-c2cccc(-c3sccc3-c3ccc(S(C)(=O)=O)cc3)c2)c2ncccc2c1)S(C)(=O)=O. The van der Waals surface area contributed by atoms with Gasteiger partial charge in [-0.05, 0) is 83.9 Å². The average Bonchev–Trinajstić information content (AvgIpc) is 3.37. The van der Waals surface area contributed by atoms with Gasteiger partial charge in [0.1, 0.15) is 0 Å². The molecule has 0 spiro atoms. The standard InChI is InChI=1S/C30H27NO4S3/c1-30(2,38(4,34)35)24-18-22-9-6-15-31-28(22)27(19-24)21-7-5-8-23(17-21)29-26(14-16-36-29)20-10-12-25(13-11-20)37(3,32)33/h5-19H,1-4H3. The molecule has 0 atom stereocenters. The third-order valence-electron chi connectivity index (χ3n) is 7.02. The number of rotatable bonds is 6. The molecule has 2 heterocycles. The number of nitrogens with zero attached hydrogens (tertiary/aromatic N) is 1. The van der Waals surface area contributed by atoms with Crippen LogP contribution in [0.15, 0.2) is 95.3 Å². The summed E-state index contributed by atoms with van der Waals surface area (Å²) >= 11 is 1.61. The van der Waals surface area contributed by atoms with Gasteiger partial charge in [-0.15, -0.1) is 11.3 Å². The van der Waals surface area contributed by atoms with Crippen LogP contribution >= 0.6 is 11.3 Å². The summed E-state index contributed by atoms with van der Waals surface area (Å²) < 4.78 is 48.0. The normalized spacial score (nSPS) is 12.6. The molecular weight excluding hydrogens is 535 g/mol. The molecule has 194 valence electrons. The van der Waals surface area contributed by atoms with E-state index in [1.54, 1.807) is 43.5 Å². The molecule has 5 nitrogen and oxygen atoms in total. The molecule has 38 heavy (non-hydrogen) atoms. The monoisotopic (exact) mass is 561 g/mol. The summed E-state index contributed by atoms with van der Waals surface area (Å²) in [5, 5.41) is 2.90. The lowest BCUT2D eigenvalue weighted by atomic mass is 9.92. The number of thiophene rings is 1. The number of benzene rings is 3. The van der Waals surface area contributed by atoms with Gasteiger partial charge in [0.15, 0.2) is 19.7 Å². The molecule has 0 radical (unpaired) electrons. The zero-order chi connectivity index (χ0) is 27.3. The molecule has 0 aliphatic heterocycles. The maximum absolute atomic E-state index is 12.6. The quantitative estimate of drug-likeness (QED) is 0.223. The number of pyridine rings is 1. The van der Waals surface area contributed by atoms with Crippen molar-refractivity contribution in [1.82, 2.24) is 4.98 Å². The van der Waals surface area contributed by atoms with Gasteiger partial charge < -0.3 is 0 Å². The molecule has 8 heteroatoms. The van der Waals surface area contributed by atoms with Crippen molar-refractivity contribution in [1.29, 1.82) is 0 Å². The highest BCUT2D eigenvalue weighted by Crippen LogP contribution is 2.40. The molecule has 0 saturated heterocycles. The van der Waals surface area contributed by atoms with Crippen molar-refractivity contribution >= 4 is 41.9 Å². The smallest absolute Gasteiger partial charge is 0.175 e. The molecule has 2 aromatic heterocycles. The second-order valence-electron chi connectivity index (χ2n) is 9.92. The Labute approximate surface area is 227 Å². The minimum Gasteiger partial charge on any atom is -0.256 e. The Morgan fingerprint density at radius 1 is 0.737 bits per heavy atom. The van der Waals surface area contributed by atoms with Crippen LogP contribution in [0.3, 0.4) is 0 Å². The summed E-state index contributed by atoms with van der Waals surface area (Å²) in [7, 11) is -6.64. The Kier molecular flexibility index (Phi) is 6.54. The van der Waals surface area contributed by atoms with E-state index in [2.05, 4.69) is 11.1 Å². The Bertz CT molecular complexity index is 1890. The molecule has 0 N–H and O–H groups in total. The van der Waals surface area contributed by atoms with E-state index in [1.165, 1.54) is 12.5 Å². The van der Waals surface area contributed by atoms with Gasteiger partial charge in [-0.1, -0.05) is 36.4 Å². The van der Waals surface area contributed by atoms with Crippen LogP contribution in [-0.2, 0) is 24.4 Å². The minimum atomic E-state index is -3.37. The van der Waals surface area contributed by atoms with Crippen LogP contribution in [0, 0.1) is 0 Å². The van der Waals surface area contributed by atoms with Crippen LogP contribution in [0.25, 0.3) is 43.6 Å². The van der Waals surface area contributed by atoms with E-state index in [0.29, 0.717) is 5.56 Å². The van der Waals surface area contributed by atoms with Gasteiger partial charge >= 0.3 is 0 Å². The molecule has 0 saturated carbocycles. The van der Waals surface area contributed by atoms with Gasteiger partial charge in [-0.25, -0.2) is 16.8 Å². The van der Waals surface area contributed by atoms with Crippen molar-refractivity contribution in [2.24, 2.45) is 0 Å². The highest BCUT2D eigenvalue weighted by molar-refractivity contribution is 7.91. The highest BCUT2D eigenvalue weighted by Gasteiger charge is 2.33. The summed E-state index contributed by atoms with van der Waals surface area (Å²) in [5.41, 5.74) is 6.28. The fraction of sp³-hybridized carbons (Fsp3) is 0.167. The van der Waals surface area contributed by atoms with Gasteiger partial charge in [-0.3, -0.25) is 4.98 Å². The van der Waals surface area contributed by atoms with E-state index in [1.807, 2.05) is 66.0 Å². The van der Waals surface area contributed by atoms with E-state index >= 15 is 0 Å². The van der Waals surface area contributed by atoms with Gasteiger partial charge in [0.2, 0.25) is 0 Å². The third kappa shape index (κ3) is 4.79. The maximum atomic E-state index is 12.6. The molecule has 0 amide bonds. The largest absolute Gasteiger partial charge is 0.256 e. The second kappa shape index (κ2) is 9.45. The predicted octanol–water partition coefficient (Wildman–Crippen LogP) is 6.98. The highest BCUT2D eigenvalue weighted by atomic mass is 32.2. The molecule has 0 aliphatic carbocycles. The van der Waals surface area contributed by atoms with Gasteiger partial charge in [0, 0.05) is 40.1 Å². The van der Waals surface area contributed by atoms with E-state index in [4.69, 9.17) is 0 Å². The Hall–Kier alpha value is -3.33. The zero-order valence-electron chi connectivity index (χ0n) is 21.5. The van der Waals surface area contributed by atoms with Gasteiger partial charge in [-0.2, -0.15) is 0 Å². The fourth-order valence-corrected chi connectivity index (χ4v) is 6.54. The number of hydrogen-bond donors (Lipinski definition) is 0. The van der Waals surface area contributed by atoms with Crippen molar-refractivity contribution in [2.75, 3.05) is 12.5 Å². The first kappa shape index (κ1) is 26.3. The van der Waals surface area contributed by atoms with Crippen molar-refractivity contribution in [3.8, 4) is 32.7 Å². The third-order valence-corrected chi connectivity index (χ3v) is 11.2. The molecule has 3 aromatic carbocycles. The molecule has 5 aromatic rings. The number of fused-ring (bicyclic) bond motifs is 1. The molecule has 5 rings (SSSR count). The zero-order valence-corrected chi connectivity index (χ0v) is 23.9. The lowest BCUT2D eigenvalue weighted by molar-refractivity contribution is 0.561. The molecule has 0 unspecified atom stereocenters. The first-order chi connectivity index (χ1) is 17.9. The minimum absolute atomic E-state index is 0.288. The Balaban J connectivity index is 1.65. The van der Waals surface area contributed by atoms with E-state index < -0.39 is 24.4 Å². The van der Waals surface area contributed by atoms with Crippen LogP contribution < -0.4 is 0 Å². The van der Waals surface area contributed by atoms with Crippen LogP contribution in [-0.4, -0.2) is 34.3 Å². The van der Waals surface area contributed by atoms with Gasteiger partial charge in [0.25, 0.3) is 0 Å². The van der Waals surface area contributed by atoms with Crippen molar-refractivity contribution in [3.05, 3.63) is 96.0 Å². The van der Waals surface area contributed by atoms with E-state index in [9.17, 15) is 16.8 Å². The first-order valence-electron chi connectivity index (χ1n) is 11.9. The molecule has 0 aliphatic rings. The lowest BCUT2D eigenvalue weighted by Crippen LogP contribution is -2.28. The first-order valence-corrected chi connectivity index (χ1v) is 16.6. The molecular formula is C30H27NO4S3. The summed E-state index contributed by atoms with van der Waals surface area (Å²) in [4.78, 5) is 5.98. The Morgan fingerprint density at radius 3 is 2.13 bits per heavy atom. The average molecular weight is 562 g/mol. The summed E-state index contributed by atoms with van der Waals surface area (Å²) in [6.07, 6.45) is 4.21.